The average Bonchev–Trinajstić information content (AvgIpc) is 3.44. The highest BCUT2D eigenvalue weighted by Gasteiger charge is 2.29. The predicted octanol–water partition coefficient (Wildman–Crippen LogP) is 4.72. The first-order valence-electron chi connectivity index (χ1n) is 10.6. The number of hydrogen-bond acceptors (Lipinski definition) is 7. The Hall–Kier alpha value is -4.46. The van der Waals surface area contributed by atoms with Gasteiger partial charge in [-0.05, 0) is 68.5 Å². The average molecular weight is 458 g/mol. The molecular formula is C26H22N2O6. The number of furan rings is 1. The molecule has 4 rings (SSSR count). The van der Waals surface area contributed by atoms with Gasteiger partial charge in [0.15, 0.2) is 0 Å². The molecule has 0 unspecified atom stereocenters. The zero-order valence-corrected chi connectivity index (χ0v) is 18.9. The summed E-state index contributed by atoms with van der Waals surface area (Å²) in [5, 5.41) is 5.63. The van der Waals surface area contributed by atoms with E-state index in [0.717, 1.165) is 5.56 Å². The minimum Gasteiger partial charge on any atom is -0.465 e. The minimum absolute atomic E-state index is 0.306. The third-order valence-corrected chi connectivity index (χ3v) is 5.19. The van der Waals surface area contributed by atoms with E-state index in [1.54, 1.807) is 80.6 Å². The van der Waals surface area contributed by atoms with E-state index in [2.05, 4.69) is 5.10 Å². The van der Waals surface area contributed by atoms with Crippen molar-refractivity contribution in [1.82, 2.24) is 0 Å². The number of carbonyl (C=O) groups excluding carboxylic acids is 3. The second-order valence-corrected chi connectivity index (χ2v) is 7.40. The lowest BCUT2D eigenvalue weighted by molar-refractivity contribution is -0.114. The van der Waals surface area contributed by atoms with Crippen molar-refractivity contribution in [2.75, 3.05) is 18.7 Å². The molecule has 0 atom stereocenters. The van der Waals surface area contributed by atoms with Crippen LogP contribution in [0.2, 0.25) is 0 Å². The molecule has 0 saturated heterocycles. The number of anilines is 1. The first-order valence-corrected chi connectivity index (χ1v) is 10.6. The third kappa shape index (κ3) is 4.52. The van der Waals surface area contributed by atoms with Gasteiger partial charge in [-0.2, -0.15) is 10.1 Å². The normalized spacial score (nSPS) is 14.3. The maximum atomic E-state index is 13.0. The van der Waals surface area contributed by atoms with Gasteiger partial charge in [0.2, 0.25) is 0 Å². The van der Waals surface area contributed by atoms with Gasteiger partial charge in [0, 0.05) is 5.56 Å². The van der Waals surface area contributed by atoms with Crippen LogP contribution < -0.4 is 5.01 Å². The van der Waals surface area contributed by atoms with Crippen LogP contribution in [0.4, 0.5) is 5.69 Å². The highest BCUT2D eigenvalue weighted by molar-refractivity contribution is 6.32. The topological polar surface area (TPSA) is 98.4 Å². The van der Waals surface area contributed by atoms with Crippen molar-refractivity contribution >= 4 is 35.3 Å². The number of benzene rings is 2. The number of hydrogen-bond donors (Lipinski definition) is 0. The van der Waals surface area contributed by atoms with Crippen molar-refractivity contribution in [2.45, 2.75) is 13.8 Å². The van der Waals surface area contributed by atoms with E-state index in [9.17, 15) is 14.4 Å². The zero-order chi connectivity index (χ0) is 24.2. The van der Waals surface area contributed by atoms with E-state index in [-0.39, 0.29) is 11.9 Å². The molecule has 1 aliphatic rings. The maximum Gasteiger partial charge on any atom is 0.338 e. The highest BCUT2D eigenvalue weighted by atomic mass is 16.5. The van der Waals surface area contributed by atoms with Crippen molar-refractivity contribution in [3.63, 3.8) is 0 Å². The fourth-order valence-corrected chi connectivity index (χ4v) is 3.43. The molecule has 1 amide bonds. The maximum absolute atomic E-state index is 13.0. The van der Waals surface area contributed by atoms with E-state index >= 15 is 0 Å². The summed E-state index contributed by atoms with van der Waals surface area (Å²) in [7, 11) is 1.31. The molecule has 8 nitrogen and oxygen atoms in total. The molecule has 0 fully saturated rings. The van der Waals surface area contributed by atoms with Crippen LogP contribution in [0.15, 0.2) is 75.8 Å². The summed E-state index contributed by atoms with van der Waals surface area (Å²) >= 11 is 0. The van der Waals surface area contributed by atoms with E-state index < -0.39 is 5.97 Å². The zero-order valence-electron chi connectivity index (χ0n) is 18.9. The van der Waals surface area contributed by atoms with Crippen molar-refractivity contribution in [3.8, 4) is 11.3 Å². The standard InChI is InChI=1S/C26H22N2O6/c1-4-33-26(31)19-7-5-17(6-8-19)23-14-13-21(34-23)15-22-16(2)27-28(24(22)29)20-11-9-18(10-12-20)25(30)32-3/h5-15H,4H2,1-3H3/b22-15+. The third-order valence-electron chi connectivity index (χ3n) is 5.19. The Morgan fingerprint density at radius 3 is 2.26 bits per heavy atom. The summed E-state index contributed by atoms with van der Waals surface area (Å²) in [4.78, 5) is 36.4. The number of amides is 1. The molecule has 8 heteroatoms. The van der Waals surface area contributed by atoms with Crippen LogP contribution in [0, 0.1) is 0 Å². The van der Waals surface area contributed by atoms with E-state index in [1.807, 2.05) is 0 Å². The second-order valence-electron chi connectivity index (χ2n) is 7.40. The van der Waals surface area contributed by atoms with Crippen molar-refractivity contribution < 1.29 is 28.3 Å². The summed E-state index contributed by atoms with van der Waals surface area (Å²) in [5.41, 5.74) is 3.10. The minimum atomic E-state index is -0.455. The van der Waals surface area contributed by atoms with Crippen LogP contribution >= 0.6 is 0 Å². The van der Waals surface area contributed by atoms with Crippen molar-refractivity contribution in [1.29, 1.82) is 0 Å². The lowest BCUT2D eigenvalue weighted by Crippen LogP contribution is -2.21. The lowest BCUT2D eigenvalue weighted by Gasteiger charge is -2.12. The largest absolute Gasteiger partial charge is 0.465 e. The Labute approximate surface area is 196 Å². The lowest BCUT2D eigenvalue weighted by atomic mass is 10.1. The predicted molar refractivity (Wildman–Crippen MR) is 126 cm³/mol. The Balaban J connectivity index is 1.52. The SMILES string of the molecule is CCOC(=O)c1ccc(-c2ccc(/C=C3/C(=O)N(c4ccc(C(=O)OC)cc4)N=C3C)o2)cc1. The van der Waals surface area contributed by atoms with Crippen LogP contribution in [0.5, 0.6) is 0 Å². The molecule has 3 aromatic rings. The molecule has 0 radical (unpaired) electrons. The number of ether oxygens (including phenoxy) is 2. The molecular weight excluding hydrogens is 436 g/mol. The van der Waals surface area contributed by atoms with E-state index in [4.69, 9.17) is 13.9 Å². The van der Waals surface area contributed by atoms with E-state index in [0.29, 0.717) is 46.2 Å². The van der Waals surface area contributed by atoms with Gasteiger partial charge in [0.1, 0.15) is 11.5 Å². The van der Waals surface area contributed by atoms with Crippen molar-refractivity contribution in [2.24, 2.45) is 5.10 Å². The fourth-order valence-electron chi connectivity index (χ4n) is 3.43. The first-order chi connectivity index (χ1) is 16.4. The van der Waals surface area contributed by atoms with Gasteiger partial charge in [0.05, 0.1) is 41.8 Å². The molecule has 0 bridgehead atoms. The van der Waals surface area contributed by atoms with Gasteiger partial charge >= 0.3 is 11.9 Å². The summed E-state index contributed by atoms with van der Waals surface area (Å²) < 4.78 is 15.6. The van der Waals surface area contributed by atoms with Gasteiger partial charge in [-0.1, -0.05) is 12.1 Å². The van der Waals surface area contributed by atoms with E-state index in [1.165, 1.54) is 12.1 Å². The van der Waals surface area contributed by atoms with Gasteiger partial charge < -0.3 is 13.9 Å². The van der Waals surface area contributed by atoms with Crippen LogP contribution in [0.25, 0.3) is 17.4 Å². The van der Waals surface area contributed by atoms with Crippen LogP contribution in [0.3, 0.4) is 0 Å². The second kappa shape index (κ2) is 9.58. The van der Waals surface area contributed by atoms with Crippen LogP contribution in [0.1, 0.15) is 40.3 Å². The van der Waals surface area contributed by atoms with Gasteiger partial charge in [-0.25, -0.2) is 9.59 Å². The quantitative estimate of drug-likeness (QED) is 0.392. The smallest absolute Gasteiger partial charge is 0.338 e. The summed E-state index contributed by atoms with van der Waals surface area (Å²) in [6, 6.07) is 16.9. The molecule has 2 heterocycles. The molecule has 34 heavy (non-hydrogen) atoms. The molecule has 0 spiro atoms. The number of carbonyl (C=O) groups is 3. The number of hydrazone groups is 1. The Bertz CT molecular complexity index is 1300. The number of methoxy groups -OCH3 is 1. The monoisotopic (exact) mass is 458 g/mol. The Kier molecular flexibility index (Phi) is 6.40. The van der Waals surface area contributed by atoms with Crippen LogP contribution in [-0.2, 0) is 14.3 Å². The summed E-state index contributed by atoms with van der Waals surface area (Å²) in [5.74, 6) is -0.0514. The number of esters is 2. The number of nitrogens with zero attached hydrogens (tertiary/aromatic N) is 2. The molecule has 1 aliphatic heterocycles. The molecule has 172 valence electrons. The summed E-state index contributed by atoms with van der Waals surface area (Å²) in [6.45, 7) is 3.81. The van der Waals surface area contributed by atoms with Gasteiger partial charge in [-0.15, -0.1) is 0 Å². The van der Waals surface area contributed by atoms with Gasteiger partial charge in [0.25, 0.3) is 5.91 Å². The number of rotatable bonds is 6. The molecule has 1 aromatic heterocycles. The van der Waals surface area contributed by atoms with Gasteiger partial charge in [-0.3, -0.25) is 4.79 Å². The van der Waals surface area contributed by atoms with Crippen molar-refractivity contribution in [3.05, 3.63) is 83.1 Å². The Morgan fingerprint density at radius 2 is 1.62 bits per heavy atom. The Morgan fingerprint density at radius 1 is 0.971 bits per heavy atom. The summed E-state index contributed by atoms with van der Waals surface area (Å²) in [6.07, 6.45) is 1.64. The van der Waals surface area contributed by atoms with Crippen LogP contribution in [-0.4, -0.2) is 37.3 Å². The molecule has 0 aliphatic carbocycles. The highest BCUT2D eigenvalue weighted by Crippen LogP contribution is 2.28. The fraction of sp³-hybridized carbons (Fsp3) is 0.154. The first kappa shape index (κ1) is 22.7. The molecule has 0 N–H and O–H groups in total. The molecule has 0 saturated carbocycles. The molecule has 2 aromatic carbocycles.